The zero-order chi connectivity index (χ0) is 17.8. The normalized spacial score (nSPS) is 10.4. The number of carboxylic acid groups (broad SMARTS) is 1. The summed E-state index contributed by atoms with van der Waals surface area (Å²) in [5.41, 5.74) is 0.513. The Morgan fingerprint density at radius 3 is 2.56 bits per heavy atom. The van der Waals surface area contributed by atoms with Gasteiger partial charge in [0.05, 0.1) is 11.9 Å². The molecule has 0 spiro atoms. The van der Waals surface area contributed by atoms with E-state index in [9.17, 15) is 14.7 Å². The van der Waals surface area contributed by atoms with Crippen LogP contribution in [0.3, 0.4) is 0 Å². The van der Waals surface area contributed by atoms with Gasteiger partial charge in [0.1, 0.15) is 16.9 Å². The van der Waals surface area contributed by atoms with E-state index in [2.05, 4.69) is 20.4 Å². The second kappa shape index (κ2) is 6.91. The van der Waals surface area contributed by atoms with Crippen molar-refractivity contribution in [2.75, 3.05) is 5.32 Å². The quantitative estimate of drug-likeness (QED) is 0.734. The van der Waals surface area contributed by atoms with Gasteiger partial charge in [-0.15, -0.1) is 0 Å². The number of hydrogen-bond acceptors (Lipinski definition) is 6. The summed E-state index contributed by atoms with van der Waals surface area (Å²) >= 11 is 0. The number of rotatable bonds is 5. The van der Waals surface area contributed by atoms with Crippen molar-refractivity contribution in [1.29, 1.82) is 0 Å². The number of hydrogen-bond donors (Lipinski definition) is 2. The molecule has 0 atom stereocenters. The summed E-state index contributed by atoms with van der Waals surface area (Å²) in [6, 6.07) is 6.67. The van der Waals surface area contributed by atoms with Crippen LogP contribution in [0.4, 0.5) is 11.4 Å². The topological polar surface area (TPSA) is 110 Å². The van der Waals surface area contributed by atoms with E-state index < -0.39 is 11.5 Å². The predicted molar refractivity (Wildman–Crippen MR) is 91.9 cm³/mol. The molecule has 0 aliphatic carbocycles. The molecule has 3 heterocycles. The average molecular weight is 337 g/mol. The van der Waals surface area contributed by atoms with E-state index in [4.69, 9.17) is 0 Å². The standard InChI is InChI=1S/C17H15N5O3/c1-2-22-16(23)15(20-12-4-3-7-19-10-12)13(17(24)25)14(21-22)11-5-8-18-9-6-11/h3-10,20H,2H2,1H3,(H,24,25). The van der Waals surface area contributed by atoms with Gasteiger partial charge in [-0.05, 0) is 31.2 Å². The number of aromatic nitrogens is 4. The number of nitrogens with zero attached hydrogens (tertiary/aromatic N) is 4. The van der Waals surface area contributed by atoms with Crippen LogP contribution in [0.25, 0.3) is 11.3 Å². The molecule has 8 nitrogen and oxygen atoms in total. The third-order valence-electron chi connectivity index (χ3n) is 3.55. The number of aromatic carboxylic acids is 1. The van der Waals surface area contributed by atoms with Gasteiger partial charge in [0, 0.05) is 30.7 Å². The van der Waals surface area contributed by atoms with Crippen LogP contribution in [-0.2, 0) is 6.54 Å². The Bertz CT molecular complexity index is 955. The first kappa shape index (κ1) is 16.3. The summed E-state index contributed by atoms with van der Waals surface area (Å²) in [5.74, 6) is -1.24. The summed E-state index contributed by atoms with van der Waals surface area (Å²) in [6.07, 6.45) is 6.17. The SMILES string of the molecule is CCn1nc(-c2ccncc2)c(C(=O)O)c(Nc2cccnc2)c1=O. The highest BCUT2D eigenvalue weighted by Gasteiger charge is 2.23. The number of nitrogens with one attached hydrogen (secondary N) is 1. The van der Waals surface area contributed by atoms with Gasteiger partial charge in [-0.25, -0.2) is 9.48 Å². The second-order valence-corrected chi connectivity index (χ2v) is 5.13. The van der Waals surface area contributed by atoms with Gasteiger partial charge in [-0.2, -0.15) is 5.10 Å². The maximum absolute atomic E-state index is 12.7. The van der Waals surface area contributed by atoms with E-state index in [-0.39, 0.29) is 16.9 Å². The van der Waals surface area contributed by atoms with Crippen molar-refractivity contribution < 1.29 is 9.90 Å². The highest BCUT2D eigenvalue weighted by molar-refractivity contribution is 6.01. The van der Waals surface area contributed by atoms with Crippen LogP contribution in [-0.4, -0.2) is 30.8 Å². The Morgan fingerprint density at radius 2 is 1.96 bits per heavy atom. The number of carbonyl (C=O) groups is 1. The first-order valence-corrected chi connectivity index (χ1v) is 7.57. The number of aryl methyl sites for hydroxylation is 1. The fraction of sp³-hybridized carbons (Fsp3) is 0.118. The molecular weight excluding hydrogens is 322 g/mol. The van der Waals surface area contributed by atoms with E-state index in [1.807, 2.05) is 0 Å². The highest BCUT2D eigenvalue weighted by Crippen LogP contribution is 2.26. The van der Waals surface area contributed by atoms with Crippen LogP contribution < -0.4 is 10.9 Å². The van der Waals surface area contributed by atoms with E-state index in [0.717, 1.165) is 0 Å². The van der Waals surface area contributed by atoms with Gasteiger partial charge < -0.3 is 10.4 Å². The van der Waals surface area contributed by atoms with Gasteiger partial charge in [-0.1, -0.05) is 0 Å². The first-order valence-electron chi connectivity index (χ1n) is 7.57. The van der Waals surface area contributed by atoms with Crippen molar-refractivity contribution in [2.24, 2.45) is 0 Å². The Balaban J connectivity index is 2.28. The van der Waals surface area contributed by atoms with Gasteiger partial charge in [0.25, 0.3) is 5.56 Å². The molecule has 0 aliphatic rings. The molecule has 3 aromatic heterocycles. The molecule has 2 N–H and O–H groups in total. The number of pyridine rings is 2. The second-order valence-electron chi connectivity index (χ2n) is 5.13. The Labute approximate surface area is 142 Å². The average Bonchev–Trinajstić information content (AvgIpc) is 2.64. The molecule has 0 fully saturated rings. The largest absolute Gasteiger partial charge is 0.478 e. The maximum atomic E-state index is 12.7. The van der Waals surface area contributed by atoms with E-state index in [1.165, 1.54) is 23.3 Å². The van der Waals surface area contributed by atoms with Crippen LogP contribution in [0, 0.1) is 0 Å². The molecular formula is C17H15N5O3. The van der Waals surface area contributed by atoms with Gasteiger partial charge >= 0.3 is 5.97 Å². The van der Waals surface area contributed by atoms with E-state index in [0.29, 0.717) is 17.8 Å². The summed E-state index contributed by atoms with van der Waals surface area (Å²) in [5, 5.41) is 16.8. The summed E-state index contributed by atoms with van der Waals surface area (Å²) in [6.45, 7) is 2.07. The third kappa shape index (κ3) is 3.23. The lowest BCUT2D eigenvalue weighted by molar-refractivity contribution is 0.0698. The van der Waals surface area contributed by atoms with Crippen molar-refractivity contribution in [3.05, 3.63) is 65.0 Å². The molecule has 0 saturated heterocycles. The van der Waals surface area contributed by atoms with Gasteiger partial charge in [0.15, 0.2) is 0 Å². The lowest BCUT2D eigenvalue weighted by Gasteiger charge is -2.15. The van der Waals surface area contributed by atoms with Crippen LogP contribution >= 0.6 is 0 Å². The molecule has 3 rings (SSSR count). The Morgan fingerprint density at radius 1 is 1.20 bits per heavy atom. The van der Waals surface area contributed by atoms with E-state index >= 15 is 0 Å². The van der Waals surface area contributed by atoms with E-state index in [1.54, 1.807) is 37.4 Å². The van der Waals surface area contributed by atoms with Crippen LogP contribution in [0.5, 0.6) is 0 Å². The van der Waals surface area contributed by atoms with Crippen molar-refractivity contribution in [2.45, 2.75) is 13.5 Å². The van der Waals surface area contributed by atoms with Crippen LogP contribution in [0.2, 0.25) is 0 Å². The molecule has 0 aliphatic heterocycles. The van der Waals surface area contributed by atoms with Crippen molar-refractivity contribution in [3.63, 3.8) is 0 Å². The molecule has 3 aromatic rings. The first-order chi connectivity index (χ1) is 12.1. The fourth-order valence-corrected chi connectivity index (χ4v) is 2.40. The molecule has 0 bridgehead atoms. The van der Waals surface area contributed by atoms with Crippen molar-refractivity contribution >= 4 is 17.3 Å². The van der Waals surface area contributed by atoms with Crippen molar-refractivity contribution in [3.8, 4) is 11.3 Å². The Kier molecular flexibility index (Phi) is 4.51. The zero-order valence-corrected chi connectivity index (χ0v) is 13.4. The summed E-state index contributed by atoms with van der Waals surface area (Å²) in [4.78, 5) is 32.4. The third-order valence-corrected chi connectivity index (χ3v) is 3.55. The minimum Gasteiger partial charge on any atom is -0.478 e. The lowest BCUT2D eigenvalue weighted by Crippen LogP contribution is -2.28. The fourth-order valence-electron chi connectivity index (χ4n) is 2.40. The maximum Gasteiger partial charge on any atom is 0.340 e. The monoisotopic (exact) mass is 337 g/mol. The molecule has 0 unspecified atom stereocenters. The summed E-state index contributed by atoms with van der Waals surface area (Å²) in [7, 11) is 0. The molecule has 0 amide bonds. The minimum absolute atomic E-state index is 0.0517. The lowest BCUT2D eigenvalue weighted by atomic mass is 10.1. The van der Waals surface area contributed by atoms with Crippen LogP contribution in [0.15, 0.2) is 53.8 Å². The van der Waals surface area contributed by atoms with Crippen LogP contribution in [0.1, 0.15) is 17.3 Å². The summed E-state index contributed by atoms with van der Waals surface area (Å²) < 4.78 is 1.22. The molecule has 126 valence electrons. The van der Waals surface area contributed by atoms with Gasteiger partial charge in [0.2, 0.25) is 0 Å². The minimum atomic E-state index is -1.24. The zero-order valence-electron chi connectivity index (χ0n) is 13.4. The van der Waals surface area contributed by atoms with Crippen molar-refractivity contribution in [1.82, 2.24) is 19.7 Å². The molecule has 25 heavy (non-hydrogen) atoms. The highest BCUT2D eigenvalue weighted by atomic mass is 16.4. The molecule has 0 radical (unpaired) electrons. The smallest absolute Gasteiger partial charge is 0.340 e. The van der Waals surface area contributed by atoms with Gasteiger partial charge in [-0.3, -0.25) is 14.8 Å². The molecule has 8 heteroatoms. The Hall–Kier alpha value is -3.55. The predicted octanol–water partition coefficient (Wildman–Crippen LogP) is 2.16. The molecule has 0 aromatic carbocycles. The molecule has 0 saturated carbocycles. The number of anilines is 2. The number of carboxylic acids is 1.